The van der Waals surface area contributed by atoms with Crippen molar-refractivity contribution >= 4 is 11.9 Å². The molecule has 0 aliphatic rings. The van der Waals surface area contributed by atoms with E-state index in [-0.39, 0.29) is 0 Å². The quantitative estimate of drug-likeness (QED) is 0.326. The number of hydrogen-bond acceptors (Lipinski definition) is 4. The first kappa shape index (κ1) is 19.7. The molecule has 0 fully saturated rings. The molecule has 0 saturated heterocycles. The number of carbonyl (C=O) groups excluding carboxylic acids is 2. The Hall–Kier alpha value is -1.32. The highest BCUT2D eigenvalue weighted by Crippen LogP contribution is 2.21. The number of unbranched alkanes of at least 4 members (excludes halogenated alkanes) is 5. The van der Waals surface area contributed by atoms with Crippen molar-refractivity contribution in [3.05, 3.63) is 11.1 Å². The maximum Gasteiger partial charge on any atom is 0.334 e. The molecule has 122 valence electrons. The molecule has 0 saturated carbocycles. The van der Waals surface area contributed by atoms with Gasteiger partial charge in [-0.2, -0.15) is 0 Å². The Morgan fingerprint density at radius 2 is 1.05 bits per heavy atom. The van der Waals surface area contributed by atoms with Gasteiger partial charge in [0.1, 0.15) is 0 Å². The van der Waals surface area contributed by atoms with Gasteiger partial charge in [-0.05, 0) is 25.7 Å². The van der Waals surface area contributed by atoms with E-state index in [1.54, 1.807) is 0 Å². The smallest absolute Gasteiger partial charge is 0.334 e. The van der Waals surface area contributed by atoms with E-state index in [1.165, 1.54) is 14.2 Å². The van der Waals surface area contributed by atoms with Gasteiger partial charge in [-0.15, -0.1) is 0 Å². The first-order chi connectivity index (χ1) is 10.1. The summed E-state index contributed by atoms with van der Waals surface area (Å²) in [5.41, 5.74) is 0.992. The zero-order valence-corrected chi connectivity index (χ0v) is 14.0. The van der Waals surface area contributed by atoms with Gasteiger partial charge in [0, 0.05) is 11.1 Å². The second-order valence-corrected chi connectivity index (χ2v) is 5.21. The number of methoxy groups -OCH3 is 2. The van der Waals surface area contributed by atoms with Crippen molar-refractivity contribution in [1.82, 2.24) is 0 Å². The summed E-state index contributed by atoms with van der Waals surface area (Å²) in [4.78, 5) is 24.0. The van der Waals surface area contributed by atoms with Gasteiger partial charge in [0.2, 0.25) is 0 Å². The van der Waals surface area contributed by atoms with Gasteiger partial charge >= 0.3 is 11.9 Å². The van der Waals surface area contributed by atoms with Crippen LogP contribution < -0.4 is 0 Å². The van der Waals surface area contributed by atoms with Gasteiger partial charge in [-0.1, -0.05) is 46.0 Å². The Labute approximate surface area is 128 Å². The van der Waals surface area contributed by atoms with E-state index in [2.05, 4.69) is 13.8 Å². The van der Waals surface area contributed by atoms with Crippen LogP contribution in [-0.4, -0.2) is 26.2 Å². The molecule has 0 aliphatic heterocycles. The normalized spacial score (nSPS) is 11.8. The maximum absolute atomic E-state index is 12.0. The minimum Gasteiger partial charge on any atom is -0.466 e. The van der Waals surface area contributed by atoms with Gasteiger partial charge in [0.05, 0.1) is 14.2 Å². The molecule has 4 heteroatoms. The highest BCUT2D eigenvalue weighted by molar-refractivity contribution is 6.00. The van der Waals surface area contributed by atoms with Crippen LogP contribution in [0, 0.1) is 0 Å². The molecular weight excluding hydrogens is 268 g/mol. The van der Waals surface area contributed by atoms with Crippen LogP contribution in [0.2, 0.25) is 0 Å². The fourth-order valence-electron chi connectivity index (χ4n) is 2.28. The van der Waals surface area contributed by atoms with Gasteiger partial charge in [0.25, 0.3) is 0 Å². The topological polar surface area (TPSA) is 52.6 Å². The summed E-state index contributed by atoms with van der Waals surface area (Å²) in [6, 6.07) is 0. The van der Waals surface area contributed by atoms with Crippen LogP contribution in [0.15, 0.2) is 11.1 Å². The summed E-state index contributed by atoms with van der Waals surface area (Å²) in [6.45, 7) is 4.25. The number of esters is 2. The molecule has 0 radical (unpaired) electrons. The zero-order valence-electron chi connectivity index (χ0n) is 14.0. The fraction of sp³-hybridized carbons (Fsp3) is 0.765. The molecule has 0 aliphatic carbocycles. The number of hydrogen-bond donors (Lipinski definition) is 0. The Bertz CT molecular complexity index is 345. The molecule has 0 rings (SSSR count). The third-order valence-electron chi connectivity index (χ3n) is 3.54. The van der Waals surface area contributed by atoms with E-state index in [0.717, 1.165) is 44.9 Å². The van der Waals surface area contributed by atoms with Crippen molar-refractivity contribution in [2.24, 2.45) is 0 Å². The van der Waals surface area contributed by atoms with Crippen molar-refractivity contribution in [3.63, 3.8) is 0 Å². The molecule has 0 N–H and O–H groups in total. The highest BCUT2D eigenvalue weighted by atomic mass is 16.5. The third kappa shape index (κ3) is 7.88. The molecule has 0 bridgehead atoms. The summed E-state index contributed by atoms with van der Waals surface area (Å²) in [7, 11) is 2.71. The monoisotopic (exact) mass is 298 g/mol. The second-order valence-electron chi connectivity index (χ2n) is 5.21. The third-order valence-corrected chi connectivity index (χ3v) is 3.54. The van der Waals surface area contributed by atoms with E-state index in [0.29, 0.717) is 24.0 Å². The Kier molecular flexibility index (Phi) is 11.6. The molecule has 0 amide bonds. The largest absolute Gasteiger partial charge is 0.466 e. The molecule has 4 nitrogen and oxygen atoms in total. The number of ether oxygens (including phenoxy) is 2. The van der Waals surface area contributed by atoms with Gasteiger partial charge in [-0.25, -0.2) is 9.59 Å². The van der Waals surface area contributed by atoms with Crippen LogP contribution >= 0.6 is 0 Å². The van der Waals surface area contributed by atoms with Crippen LogP contribution in [0.5, 0.6) is 0 Å². The Morgan fingerprint density at radius 1 is 0.667 bits per heavy atom. The van der Waals surface area contributed by atoms with Crippen molar-refractivity contribution in [1.29, 1.82) is 0 Å². The number of rotatable bonds is 11. The lowest BCUT2D eigenvalue weighted by atomic mass is 9.97. The van der Waals surface area contributed by atoms with Gasteiger partial charge in [0.15, 0.2) is 0 Å². The van der Waals surface area contributed by atoms with Crippen LogP contribution in [0.1, 0.15) is 71.6 Å². The molecule has 0 spiro atoms. The molecule has 0 atom stereocenters. The summed E-state index contributed by atoms with van der Waals surface area (Å²) in [6.07, 6.45) is 8.38. The van der Waals surface area contributed by atoms with Crippen LogP contribution in [-0.2, 0) is 19.1 Å². The van der Waals surface area contributed by atoms with Crippen LogP contribution in [0.3, 0.4) is 0 Å². The van der Waals surface area contributed by atoms with Gasteiger partial charge in [-0.3, -0.25) is 0 Å². The molecule has 0 aromatic heterocycles. The van der Waals surface area contributed by atoms with E-state index >= 15 is 0 Å². The van der Waals surface area contributed by atoms with Gasteiger partial charge < -0.3 is 9.47 Å². The van der Waals surface area contributed by atoms with Crippen LogP contribution in [0.4, 0.5) is 0 Å². The maximum atomic E-state index is 12.0. The summed E-state index contributed by atoms with van der Waals surface area (Å²) >= 11 is 0. The molecule has 21 heavy (non-hydrogen) atoms. The fourth-order valence-corrected chi connectivity index (χ4v) is 2.28. The highest BCUT2D eigenvalue weighted by Gasteiger charge is 2.21. The van der Waals surface area contributed by atoms with E-state index in [1.807, 2.05) is 0 Å². The molecular formula is C17H30O4. The van der Waals surface area contributed by atoms with E-state index < -0.39 is 11.9 Å². The minimum absolute atomic E-state index is 0.400. The molecule has 0 aromatic carbocycles. The average Bonchev–Trinajstić information content (AvgIpc) is 2.51. The molecule has 0 heterocycles. The molecule has 0 aromatic rings. The zero-order chi connectivity index (χ0) is 16.1. The first-order valence-corrected chi connectivity index (χ1v) is 8.00. The lowest BCUT2D eigenvalue weighted by Crippen LogP contribution is -2.15. The lowest BCUT2D eigenvalue weighted by molar-refractivity contribution is -0.139. The average molecular weight is 298 g/mol. The van der Waals surface area contributed by atoms with Crippen molar-refractivity contribution < 1.29 is 19.1 Å². The summed E-state index contributed by atoms with van der Waals surface area (Å²) in [5.74, 6) is -0.801. The predicted molar refractivity (Wildman–Crippen MR) is 84.0 cm³/mol. The van der Waals surface area contributed by atoms with E-state index in [4.69, 9.17) is 9.47 Å². The molecule has 0 unspecified atom stereocenters. The summed E-state index contributed by atoms with van der Waals surface area (Å²) < 4.78 is 9.69. The van der Waals surface area contributed by atoms with Crippen LogP contribution in [0.25, 0.3) is 0 Å². The number of carbonyl (C=O) groups is 2. The Balaban J connectivity index is 5.06. The standard InChI is InChI=1S/C17H30O4/c1-5-7-9-11-13-15(17(19)21-4)14(16(18)20-3)12-10-8-6-2/h5-13H2,1-4H3/b15-14-. The SMILES string of the molecule is CCCCCC/C(C(=O)OC)=C(\CCCCC)C(=O)OC. The summed E-state index contributed by atoms with van der Waals surface area (Å²) in [5, 5.41) is 0. The predicted octanol–water partition coefficient (Wildman–Crippen LogP) is 4.18. The van der Waals surface area contributed by atoms with Crippen molar-refractivity contribution in [3.8, 4) is 0 Å². The van der Waals surface area contributed by atoms with Crippen molar-refractivity contribution in [2.45, 2.75) is 71.6 Å². The van der Waals surface area contributed by atoms with E-state index in [9.17, 15) is 9.59 Å². The second kappa shape index (κ2) is 12.4. The minimum atomic E-state index is -0.401. The first-order valence-electron chi connectivity index (χ1n) is 8.00. The Morgan fingerprint density at radius 3 is 1.43 bits per heavy atom. The lowest BCUT2D eigenvalue weighted by Gasteiger charge is -2.12. The van der Waals surface area contributed by atoms with Crippen molar-refractivity contribution in [2.75, 3.05) is 14.2 Å².